The van der Waals surface area contributed by atoms with Gasteiger partial charge >= 0.3 is 0 Å². The molecule has 0 atom stereocenters. The SMILES string of the molecule is CC(C)Cc1ccc2ncnn2c1. The van der Waals surface area contributed by atoms with Gasteiger partial charge in [-0.15, -0.1) is 0 Å². The van der Waals surface area contributed by atoms with Crippen LogP contribution in [-0.4, -0.2) is 14.6 Å². The summed E-state index contributed by atoms with van der Waals surface area (Å²) in [7, 11) is 0. The van der Waals surface area contributed by atoms with E-state index in [0.717, 1.165) is 12.1 Å². The van der Waals surface area contributed by atoms with Crippen molar-refractivity contribution < 1.29 is 0 Å². The Morgan fingerprint density at radius 3 is 3.00 bits per heavy atom. The summed E-state index contributed by atoms with van der Waals surface area (Å²) in [6.45, 7) is 4.43. The van der Waals surface area contributed by atoms with Crippen molar-refractivity contribution in [2.45, 2.75) is 20.3 Å². The van der Waals surface area contributed by atoms with Crippen LogP contribution in [0.5, 0.6) is 0 Å². The molecule has 68 valence electrons. The van der Waals surface area contributed by atoms with Crippen LogP contribution in [0.4, 0.5) is 0 Å². The smallest absolute Gasteiger partial charge is 0.155 e. The van der Waals surface area contributed by atoms with E-state index in [1.54, 1.807) is 6.33 Å². The lowest BCUT2D eigenvalue weighted by molar-refractivity contribution is 0.643. The average molecular weight is 175 g/mol. The molecule has 2 aromatic heterocycles. The average Bonchev–Trinajstić information content (AvgIpc) is 2.49. The lowest BCUT2D eigenvalue weighted by Gasteiger charge is -2.04. The van der Waals surface area contributed by atoms with Gasteiger partial charge in [-0.1, -0.05) is 19.9 Å². The van der Waals surface area contributed by atoms with Crippen molar-refractivity contribution >= 4 is 5.65 Å². The Balaban J connectivity index is 2.37. The molecule has 2 aromatic rings. The van der Waals surface area contributed by atoms with Gasteiger partial charge in [0.1, 0.15) is 6.33 Å². The molecule has 0 saturated heterocycles. The van der Waals surface area contributed by atoms with Gasteiger partial charge in [0, 0.05) is 6.20 Å². The van der Waals surface area contributed by atoms with E-state index in [0.29, 0.717) is 5.92 Å². The van der Waals surface area contributed by atoms with Crippen LogP contribution in [0.2, 0.25) is 0 Å². The van der Waals surface area contributed by atoms with Crippen LogP contribution in [0.1, 0.15) is 19.4 Å². The zero-order valence-corrected chi connectivity index (χ0v) is 7.94. The normalized spacial score (nSPS) is 11.3. The second-order valence-electron chi connectivity index (χ2n) is 3.70. The number of hydrogen-bond donors (Lipinski definition) is 0. The van der Waals surface area contributed by atoms with E-state index in [1.165, 1.54) is 5.56 Å². The predicted molar refractivity (Wildman–Crippen MR) is 51.5 cm³/mol. The molecular weight excluding hydrogens is 162 g/mol. The highest BCUT2D eigenvalue weighted by atomic mass is 15.3. The maximum Gasteiger partial charge on any atom is 0.155 e. The zero-order valence-electron chi connectivity index (χ0n) is 7.94. The molecule has 2 rings (SSSR count). The van der Waals surface area contributed by atoms with Crippen LogP contribution in [0, 0.1) is 5.92 Å². The summed E-state index contributed by atoms with van der Waals surface area (Å²) < 4.78 is 1.82. The van der Waals surface area contributed by atoms with Gasteiger partial charge in [0.05, 0.1) is 0 Å². The molecular formula is C10H13N3. The minimum absolute atomic E-state index is 0.681. The minimum atomic E-state index is 0.681. The van der Waals surface area contributed by atoms with Crippen LogP contribution >= 0.6 is 0 Å². The first-order valence-electron chi connectivity index (χ1n) is 4.54. The topological polar surface area (TPSA) is 30.2 Å². The van der Waals surface area contributed by atoms with Gasteiger partial charge < -0.3 is 0 Å². The van der Waals surface area contributed by atoms with Crippen molar-refractivity contribution in [1.29, 1.82) is 0 Å². The van der Waals surface area contributed by atoms with E-state index in [-0.39, 0.29) is 0 Å². The van der Waals surface area contributed by atoms with Crippen molar-refractivity contribution in [2.24, 2.45) is 5.92 Å². The highest BCUT2D eigenvalue weighted by molar-refractivity contribution is 5.37. The largest absolute Gasteiger partial charge is 0.221 e. The molecule has 0 aliphatic rings. The molecule has 0 N–H and O–H groups in total. The second kappa shape index (κ2) is 3.17. The lowest BCUT2D eigenvalue weighted by atomic mass is 10.1. The van der Waals surface area contributed by atoms with Gasteiger partial charge in [-0.3, -0.25) is 0 Å². The molecule has 2 heterocycles. The number of hydrogen-bond acceptors (Lipinski definition) is 2. The van der Waals surface area contributed by atoms with E-state index < -0.39 is 0 Å². The molecule has 0 saturated carbocycles. The van der Waals surface area contributed by atoms with Crippen LogP contribution in [0.25, 0.3) is 5.65 Å². The number of rotatable bonds is 2. The fourth-order valence-electron chi connectivity index (χ4n) is 1.45. The summed E-state index contributed by atoms with van der Waals surface area (Å²) >= 11 is 0. The van der Waals surface area contributed by atoms with E-state index in [4.69, 9.17) is 0 Å². The quantitative estimate of drug-likeness (QED) is 0.698. The molecule has 0 fully saturated rings. The van der Waals surface area contributed by atoms with Gasteiger partial charge in [0.2, 0.25) is 0 Å². The summed E-state index contributed by atoms with van der Waals surface area (Å²) in [5.74, 6) is 0.681. The van der Waals surface area contributed by atoms with E-state index in [1.807, 2.05) is 16.8 Å². The molecule has 0 aromatic carbocycles. The molecule has 0 amide bonds. The highest BCUT2D eigenvalue weighted by Crippen LogP contribution is 2.08. The fourth-order valence-corrected chi connectivity index (χ4v) is 1.45. The molecule has 0 bridgehead atoms. The number of pyridine rings is 1. The van der Waals surface area contributed by atoms with Crippen LogP contribution in [-0.2, 0) is 6.42 Å². The van der Waals surface area contributed by atoms with Gasteiger partial charge in [0.25, 0.3) is 0 Å². The van der Waals surface area contributed by atoms with Gasteiger partial charge in [-0.05, 0) is 24.0 Å². The van der Waals surface area contributed by atoms with E-state index in [2.05, 4.69) is 30.0 Å². The molecule has 13 heavy (non-hydrogen) atoms. The van der Waals surface area contributed by atoms with Gasteiger partial charge in [0.15, 0.2) is 5.65 Å². The fraction of sp³-hybridized carbons (Fsp3) is 0.400. The first kappa shape index (κ1) is 8.23. The Labute approximate surface area is 77.4 Å². The first-order chi connectivity index (χ1) is 6.25. The standard InChI is InChI=1S/C10H13N3/c1-8(2)5-9-3-4-10-11-7-12-13(10)6-9/h3-4,6-8H,5H2,1-2H3. The zero-order chi connectivity index (χ0) is 9.26. The summed E-state index contributed by atoms with van der Waals surface area (Å²) in [4.78, 5) is 4.09. The van der Waals surface area contributed by atoms with Crippen molar-refractivity contribution in [2.75, 3.05) is 0 Å². The maximum absolute atomic E-state index is 4.09. The summed E-state index contributed by atoms with van der Waals surface area (Å²) in [5.41, 5.74) is 2.22. The second-order valence-corrected chi connectivity index (χ2v) is 3.70. The maximum atomic E-state index is 4.09. The lowest BCUT2D eigenvalue weighted by Crippen LogP contribution is -1.96. The molecule has 0 aliphatic carbocycles. The monoisotopic (exact) mass is 175 g/mol. The Bertz CT molecular complexity index is 403. The third-order valence-corrected chi connectivity index (χ3v) is 1.98. The van der Waals surface area contributed by atoms with Crippen molar-refractivity contribution in [3.63, 3.8) is 0 Å². The molecule has 0 aliphatic heterocycles. The Morgan fingerprint density at radius 1 is 1.38 bits per heavy atom. The molecule has 0 radical (unpaired) electrons. The van der Waals surface area contributed by atoms with Gasteiger partial charge in [-0.2, -0.15) is 5.10 Å². The van der Waals surface area contributed by atoms with Crippen molar-refractivity contribution in [3.05, 3.63) is 30.2 Å². The number of fused-ring (bicyclic) bond motifs is 1. The highest BCUT2D eigenvalue weighted by Gasteiger charge is 1.99. The predicted octanol–water partition coefficient (Wildman–Crippen LogP) is 1.93. The Morgan fingerprint density at radius 2 is 2.23 bits per heavy atom. The molecule has 3 heteroatoms. The molecule has 3 nitrogen and oxygen atoms in total. The van der Waals surface area contributed by atoms with Gasteiger partial charge in [-0.25, -0.2) is 9.50 Å². The molecule has 0 spiro atoms. The van der Waals surface area contributed by atoms with Crippen LogP contribution < -0.4 is 0 Å². The summed E-state index contributed by atoms with van der Waals surface area (Å²) in [6.07, 6.45) is 4.71. The van der Waals surface area contributed by atoms with Crippen LogP contribution in [0.15, 0.2) is 24.7 Å². The third-order valence-electron chi connectivity index (χ3n) is 1.98. The third kappa shape index (κ3) is 1.69. The Hall–Kier alpha value is -1.38. The Kier molecular flexibility index (Phi) is 2.00. The number of nitrogens with zero attached hydrogens (tertiary/aromatic N) is 3. The molecule has 0 unspecified atom stereocenters. The number of aromatic nitrogens is 3. The van der Waals surface area contributed by atoms with E-state index in [9.17, 15) is 0 Å². The van der Waals surface area contributed by atoms with Crippen LogP contribution in [0.3, 0.4) is 0 Å². The minimum Gasteiger partial charge on any atom is -0.221 e. The summed E-state index contributed by atoms with van der Waals surface area (Å²) in [5, 5.41) is 4.09. The summed E-state index contributed by atoms with van der Waals surface area (Å²) in [6, 6.07) is 4.12. The van der Waals surface area contributed by atoms with Crippen molar-refractivity contribution in [3.8, 4) is 0 Å². The van der Waals surface area contributed by atoms with E-state index >= 15 is 0 Å². The first-order valence-corrected chi connectivity index (χ1v) is 4.54. The van der Waals surface area contributed by atoms with Crippen molar-refractivity contribution in [1.82, 2.24) is 14.6 Å².